The van der Waals surface area contributed by atoms with Crippen LogP contribution in [0.3, 0.4) is 0 Å². The average Bonchev–Trinajstić information content (AvgIpc) is 3.86. The molecule has 4 heteroatoms. The van der Waals surface area contributed by atoms with Crippen LogP contribution in [-0.4, -0.2) is 17.1 Å². The first kappa shape index (κ1) is 50.8. The van der Waals surface area contributed by atoms with Crippen LogP contribution < -0.4 is 0 Å². The van der Waals surface area contributed by atoms with Crippen molar-refractivity contribution in [2.75, 3.05) is 0 Å². The van der Waals surface area contributed by atoms with Crippen LogP contribution in [0.5, 0.6) is 11.5 Å². The summed E-state index contributed by atoms with van der Waals surface area (Å²) < 4.78 is 0. The number of hydrogen-bond donors (Lipinski definition) is 2. The van der Waals surface area contributed by atoms with Crippen molar-refractivity contribution in [1.82, 2.24) is 0 Å². The first-order chi connectivity index (χ1) is 29.9. The zero-order valence-electron chi connectivity index (χ0n) is 39.1. The van der Waals surface area contributed by atoms with E-state index in [4.69, 9.17) is 0 Å². The van der Waals surface area contributed by atoms with Gasteiger partial charge in [-0.2, -0.15) is 12.1 Å². The molecule has 0 atom stereocenters. The van der Waals surface area contributed by atoms with Crippen molar-refractivity contribution in [2.45, 2.75) is 55.4 Å². The van der Waals surface area contributed by atoms with Crippen molar-refractivity contribution in [3.63, 3.8) is 0 Å². The number of phenolic OH excluding ortho intramolecular Hbond substituents is 2. The van der Waals surface area contributed by atoms with E-state index in [0.717, 1.165) is 22.3 Å². The van der Waals surface area contributed by atoms with Crippen molar-refractivity contribution in [3.8, 4) is 33.8 Å². The number of aromatic hydroxyl groups is 2. The molecule has 2 N–H and O–H groups in total. The first-order valence-corrected chi connectivity index (χ1v) is 25.1. The van der Waals surface area contributed by atoms with Crippen molar-refractivity contribution >= 4 is 50.0 Å². The first-order valence-electron chi connectivity index (χ1n) is 20.9. The van der Waals surface area contributed by atoms with Gasteiger partial charge in [0.15, 0.2) is 0 Å². The summed E-state index contributed by atoms with van der Waals surface area (Å²) in [5.74, 6) is 0.844. The van der Waals surface area contributed by atoms with Crippen LogP contribution in [0.1, 0.15) is 44.5 Å². The molecular formula is C60H60O2SiZr-4. The topological polar surface area (TPSA) is 40.5 Å². The number of hydrogen-bond acceptors (Lipinski definition) is 2. The summed E-state index contributed by atoms with van der Waals surface area (Å²) in [5, 5.41) is 29.2. The molecule has 0 unspecified atom stereocenters. The molecule has 10 aromatic carbocycles. The van der Waals surface area contributed by atoms with Crippen LogP contribution in [-0.2, 0) is 23.3 Å². The molecule has 0 saturated carbocycles. The number of aryl methyl sites for hydroxylation is 8. The van der Waals surface area contributed by atoms with Gasteiger partial charge >= 0.3 is 30.2 Å². The molecule has 0 saturated heterocycles. The van der Waals surface area contributed by atoms with Crippen LogP contribution in [0.15, 0.2) is 170 Å². The van der Waals surface area contributed by atoms with Crippen LogP contribution >= 0.6 is 0 Å². The van der Waals surface area contributed by atoms with E-state index >= 15 is 0 Å². The van der Waals surface area contributed by atoms with Gasteiger partial charge in [-0.1, -0.05) is 157 Å². The van der Waals surface area contributed by atoms with Gasteiger partial charge in [0, 0.05) is 0 Å². The van der Waals surface area contributed by atoms with E-state index in [0.29, 0.717) is 11.5 Å². The van der Waals surface area contributed by atoms with Crippen LogP contribution in [0, 0.1) is 70.2 Å². The van der Waals surface area contributed by atoms with Gasteiger partial charge in [-0.25, -0.2) is 0 Å². The van der Waals surface area contributed by atoms with Gasteiger partial charge in [-0.3, -0.25) is 0 Å². The molecule has 10 aromatic rings. The summed E-state index contributed by atoms with van der Waals surface area (Å²) in [7, 11) is 0. The molecule has 0 fully saturated rings. The summed E-state index contributed by atoms with van der Waals surface area (Å²) in [6.07, 6.45) is 0. The Kier molecular flexibility index (Phi) is 18.4. The maximum atomic E-state index is 9.33. The number of fused-ring (bicyclic) bond motifs is 4. The summed E-state index contributed by atoms with van der Waals surface area (Å²) >= 11 is 1.36. The average molecular weight is 932 g/mol. The third-order valence-electron chi connectivity index (χ3n) is 11.2. The molecule has 2 nitrogen and oxygen atoms in total. The van der Waals surface area contributed by atoms with Gasteiger partial charge in [0.2, 0.25) is 0 Å². The van der Waals surface area contributed by atoms with Crippen molar-refractivity contribution in [2.24, 2.45) is 0 Å². The molecule has 0 aromatic heterocycles. The van der Waals surface area contributed by atoms with Gasteiger partial charge in [-0.15, -0.1) is 69.1 Å². The van der Waals surface area contributed by atoms with Gasteiger partial charge in [0.05, 0.1) is 0 Å². The molecule has 0 aliphatic rings. The van der Waals surface area contributed by atoms with E-state index < -0.39 is 0 Å². The normalized spacial score (nSPS) is 10.2. The van der Waals surface area contributed by atoms with Crippen molar-refractivity contribution in [1.29, 1.82) is 0 Å². The molecule has 0 heterocycles. The van der Waals surface area contributed by atoms with Crippen molar-refractivity contribution < 1.29 is 33.5 Å². The molecule has 0 spiro atoms. The van der Waals surface area contributed by atoms with Crippen LogP contribution in [0.4, 0.5) is 0 Å². The van der Waals surface area contributed by atoms with E-state index in [1.807, 2.05) is 65.8 Å². The number of phenols is 2. The fraction of sp³-hybridized carbons (Fsp3) is 0.133. The molecule has 324 valence electrons. The van der Waals surface area contributed by atoms with E-state index in [1.54, 1.807) is 0 Å². The Labute approximate surface area is 399 Å². The van der Waals surface area contributed by atoms with Gasteiger partial charge < -0.3 is 25.1 Å². The second-order valence-corrected chi connectivity index (χ2v) is 16.2. The Balaban J connectivity index is 0.000000192. The Morgan fingerprint density at radius 1 is 0.359 bits per heavy atom. The van der Waals surface area contributed by atoms with E-state index in [-0.39, 0.29) is 14.9 Å². The molecular weight excluding hydrogens is 872 g/mol. The maximum absolute atomic E-state index is 9.33. The fourth-order valence-corrected chi connectivity index (χ4v) is 8.50. The Morgan fingerprint density at radius 2 is 0.641 bits per heavy atom. The molecule has 0 amide bonds. The zero-order valence-corrected chi connectivity index (χ0v) is 42.5. The van der Waals surface area contributed by atoms with E-state index in [1.165, 1.54) is 111 Å². The summed E-state index contributed by atoms with van der Waals surface area (Å²) in [5.41, 5.74) is 14.2. The Bertz CT molecular complexity index is 2860. The quantitative estimate of drug-likeness (QED) is 0.134. The molecule has 64 heavy (non-hydrogen) atoms. The minimum atomic E-state index is 0. The van der Waals surface area contributed by atoms with Gasteiger partial charge in [0.25, 0.3) is 0 Å². The SMILES string of the molecule is Cc1cc(C)c(O)c(C)c1.Cc1cc(C)c(O)c(C)c1.Cc1cc2c(-c3cccc4ccccc34)cccc2[cH-]1.Cc1cc2c(-c3cccc4ccccc34)cccc2[cH-]1.[CH3-].[CH3-].[Si]=[Zr]. The van der Waals surface area contributed by atoms with Crippen molar-refractivity contribution in [3.05, 3.63) is 229 Å². The van der Waals surface area contributed by atoms with Crippen LogP contribution in [0.25, 0.3) is 65.3 Å². The molecule has 0 aliphatic carbocycles. The summed E-state index contributed by atoms with van der Waals surface area (Å²) in [6.45, 7) is 19.1. The molecule has 0 aliphatic heterocycles. The Morgan fingerprint density at radius 3 is 0.984 bits per heavy atom. The second-order valence-electron chi connectivity index (χ2n) is 16.2. The zero-order chi connectivity index (χ0) is 44.5. The second kappa shape index (κ2) is 23.2. The molecule has 0 bridgehead atoms. The predicted molar refractivity (Wildman–Crippen MR) is 278 cm³/mol. The third kappa shape index (κ3) is 11.9. The number of rotatable bonds is 2. The third-order valence-corrected chi connectivity index (χ3v) is 11.2. The summed E-state index contributed by atoms with van der Waals surface area (Å²) in [6, 6.07) is 60.4. The molecule has 10 rings (SSSR count). The minimum absolute atomic E-state index is 0. The monoisotopic (exact) mass is 930 g/mol. The fourth-order valence-electron chi connectivity index (χ4n) is 8.50. The summed E-state index contributed by atoms with van der Waals surface area (Å²) in [4.78, 5) is 0. The van der Waals surface area contributed by atoms with E-state index in [2.05, 4.69) is 166 Å². The van der Waals surface area contributed by atoms with Crippen LogP contribution in [0.2, 0.25) is 0 Å². The van der Waals surface area contributed by atoms with E-state index in [9.17, 15) is 10.2 Å². The number of benzene rings is 8. The predicted octanol–water partition coefficient (Wildman–Crippen LogP) is 16.5. The standard InChI is InChI=1S/2C20H15.2C9H12O.2CH3.Si.Zr/c2*1-14-12-16-8-5-11-19(20(16)13-14)18-10-4-7-15-6-2-3-9-17(15)18;2*1-6-4-7(2)9(10)8(3)5-6;;;;/h2*2-13H,1H3;2*4-5,10H,1-3H3;2*1H3;;/q2*-1;;;2*-1;;. The van der Waals surface area contributed by atoms with Gasteiger partial charge in [0.1, 0.15) is 11.5 Å². The molecule has 2 radical (unpaired) electrons. The Hall–Kier alpha value is -5.80. The van der Waals surface area contributed by atoms with Gasteiger partial charge in [-0.05, 0) is 96.5 Å².